The molecule has 4 heteroatoms. The first kappa shape index (κ1) is 10.6. The van der Waals surface area contributed by atoms with Crippen LogP contribution in [0.5, 0.6) is 0 Å². The number of aliphatic hydroxyl groups is 1. The summed E-state index contributed by atoms with van der Waals surface area (Å²) in [5.41, 5.74) is 8.91. The molecule has 84 valence electrons. The van der Waals surface area contributed by atoms with Crippen molar-refractivity contribution in [2.24, 2.45) is 5.73 Å². The fraction of sp³-hybridized carbons (Fsp3) is 0.727. The first-order valence-electron chi connectivity index (χ1n) is 5.58. The number of rotatable bonds is 2. The number of aliphatic hydroxyl groups excluding tert-OH is 1. The number of aromatic nitrogens is 2. The van der Waals surface area contributed by atoms with E-state index in [0.717, 1.165) is 36.2 Å². The zero-order chi connectivity index (χ0) is 11.0. The van der Waals surface area contributed by atoms with Crippen LogP contribution in [0, 0.1) is 13.8 Å². The van der Waals surface area contributed by atoms with Crippen LogP contribution in [0.2, 0.25) is 0 Å². The Labute approximate surface area is 90.1 Å². The Kier molecular flexibility index (Phi) is 2.80. The molecule has 15 heavy (non-hydrogen) atoms. The van der Waals surface area contributed by atoms with Gasteiger partial charge < -0.3 is 10.8 Å². The lowest BCUT2D eigenvalue weighted by Gasteiger charge is -2.17. The van der Waals surface area contributed by atoms with Gasteiger partial charge in [0.1, 0.15) is 0 Å². The highest BCUT2D eigenvalue weighted by molar-refractivity contribution is 5.24. The first-order chi connectivity index (χ1) is 7.15. The van der Waals surface area contributed by atoms with Gasteiger partial charge in [0.15, 0.2) is 0 Å². The summed E-state index contributed by atoms with van der Waals surface area (Å²) in [6, 6.07) is 0.156. The van der Waals surface area contributed by atoms with Crippen molar-refractivity contribution in [1.29, 1.82) is 0 Å². The Morgan fingerprint density at radius 3 is 2.67 bits per heavy atom. The average Bonchev–Trinajstić information content (AvgIpc) is 2.71. The Morgan fingerprint density at radius 2 is 2.20 bits per heavy atom. The van der Waals surface area contributed by atoms with Crippen molar-refractivity contribution >= 4 is 0 Å². The number of hydrogen-bond donors (Lipinski definition) is 2. The van der Waals surface area contributed by atoms with E-state index < -0.39 is 0 Å². The summed E-state index contributed by atoms with van der Waals surface area (Å²) in [6.45, 7) is 4.54. The van der Waals surface area contributed by atoms with Gasteiger partial charge in [-0.2, -0.15) is 5.10 Å². The van der Waals surface area contributed by atoms with E-state index in [0.29, 0.717) is 6.54 Å². The monoisotopic (exact) mass is 209 g/mol. The summed E-state index contributed by atoms with van der Waals surface area (Å²) in [6.07, 6.45) is 2.75. The summed E-state index contributed by atoms with van der Waals surface area (Å²) in [5.74, 6) is 0. The molecule has 0 radical (unpaired) electrons. The Morgan fingerprint density at radius 1 is 1.47 bits per heavy atom. The third kappa shape index (κ3) is 1.68. The van der Waals surface area contributed by atoms with Gasteiger partial charge >= 0.3 is 0 Å². The quantitative estimate of drug-likeness (QED) is 0.765. The molecule has 4 nitrogen and oxygen atoms in total. The number of nitrogens with two attached hydrogens (primary N) is 1. The zero-order valence-electron chi connectivity index (χ0n) is 9.40. The minimum Gasteiger partial charge on any atom is -0.391 e. The summed E-state index contributed by atoms with van der Waals surface area (Å²) in [4.78, 5) is 0. The fourth-order valence-corrected chi connectivity index (χ4v) is 2.52. The molecule has 1 aliphatic rings. The Balaban J connectivity index is 2.36. The topological polar surface area (TPSA) is 64.1 Å². The van der Waals surface area contributed by atoms with Crippen molar-refractivity contribution in [3.63, 3.8) is 0 Å². The van der Waals surface area contributed by atoms with Gasteiger partial charge in [0.05, 0.1) is 17.8 Å². The molecule has 1 aromatic heterocycles. The maximum absolute atomic E-state index is 9.85. The second-order valence-electron chi connectivity index (χ2n) is 4.36. The lowest BCUT2D eigenvalue weighted by atomic mass is 10.2. The van der Waals surface area contributed by atoms with Gasteiger partial charge in [-0.15, -0.1) is 0 Å². The van der Waals surface area contributed by atoms with Gasteiger partial charge in [0.25, 0.3) is 0 Å². The SMILES string of the molecule is Cc1nn(C2CCCC2O)c(C)c1CN. The predicted octanol–water partition coefficient (Wildman–Crippen LogP) is 1.04. The van der Waals surface area contributed by atoms with Gasteiger partial charge in [-0.3, -0.25) is 4.68 Å². The zero-order valence-corrected chi connectivity index (χ0v) is 9.40. The van der Waals surface area contributed by atoms with Crippen LogP contribution in [0.1, 0.15) is 42.3 Å². The van der Waals surface area contributed by atoms with Gasteiger partial charge in [-0.1, -0.05) is 0 Å². The molecule has 0 aliphatic heterocycles. The third-order valence-electron chi connectivity index (χ3n) is 3.44. The molecule has 2 atom stereocenters. The molecule has 1 saturated carbocycles. The Bertz CT molecular complexity index is 359. The number of nitrogens with zero attached hydrogens (tertiary/aromatic N) is 2. The molecule has 1 fully saturated rings. The van der Waals surface area contributed by atoms with E-state index in [4.69, 9.17) is 5.73 Å². The van der Waals surface area contributed by atoms with Crippen molar-refractivity contribution in [2.45, 2.75) is 51.8 Å². The van der Waals surface area contributed by atoms with Crippen molar-refractivity contribution < 1.29 is 5.11 Å². The van der Waals surface area contributed by atoms with Crippen molar-refractivity contribution in [3.05, 3.63) is 17.0 Å². The van der Waals surface area contributed by atoms with E-state index in [1.165, 1.54) is 0 Å². The van der Waals surface area contributed by atoms with Crippen LogP contribution in [0.3, 0.4) is 0 Å². The molecule has 0 saturated heterocycles. The second kappa shape index (κ2) is 3.94. The van der Waals surface area contributed by atoms with Crippen LogP contribution in [0.15, 0.2) is 0 Å². The summed E-state index contributed by atoms with van der Waals surface area (Å²) in [7, 11) is 0. The second-order valence-corrected chi connectivity index (χ2v) is 4.36. The molecule has 1 aromatic rings. The van der Waals surface area contributed by atoms with Crippen LogP contribution >= 0.6 is 0 Å². The molecule has 1 aliphatic carbocycles. The van der Waals surface area contributed by atoms with Gasteiger partial charge in [0.2, 0.25) is 0 Å². The highest BCUT2D eigenvalue weighted by atomic mass is 16.3. The van der Waals surface area contributed by atoms with E-state index in [9.17, 15) is 5.11 Å². The molecule has 2 unspecified atom stereocenters. The van der Waals surface area contributed by atoms with E-state index >= 15 is 0 Å². The van der Waals surface area contributed by atoms with Crippen LogP contribution in [0.25, 0.3) is 0 Å². The normalized spacial score (nSPS) is 26.1. The Hall–Kier alpha value is -0.870. The molecule has 0 amide bonds. The summed E-state index contributed by atoms with van der Waals surface area (Å²) >= 11 is 0. The molecule has 2 rings (SSSR count). The molecule has 0 aromatic carbocycles. The average molecular weight is 209 g/mol. The van der Waals surface area contributed by atoms with E-state index in [2.05, 4.69) is 5.10 Å². The maximum atomic E-state index is 9.85. The van der Waals surface area contributed by atoms with Gasteiger partial charge in [-0.25, -0.2) is 0 Å². The predicted molar refractivity (Wildman–Crippen MR) is 58.5 cm³/mol. The lowest BCUT2D eigenvalue weighted by molar-refractivity contribution is 0.129. The van der Waals surface area contributed by atoms with Crippen LogP contribution in [-0.2, 0) is 6.54 Å². The smallest absolute Gasteiger partial charge is 0.0781 e. The standard InChI is InChI=1S/C11H19N3O/c1-7-9(6-12)8(2)14(13-7)10-4-3-5-11(10)15/h10-11,15H,3-6,12H2,1-2H3. The van der Waals surface area contributed by atoms with Crippen molar-refractivity contribution in [1.82, 2.24) is 9.78 Å². The fourth-order valence-electron chi connectivity index (χ4n) is 2.52. The molecule has 3 N–H and O–H groups in total. The molecule has 0 bridgehead atoms. The first-order valence-corrected chi connectivity index (χ1v) is 5.58. The maximum Gasteiger partial charge on any atom is 0.0781 e. The van der Waals surface area contributed by atoms with Gasteiger partial charge in [-0.05, 0) is 33.1 Å². The van der Waals surface area contributed by atoms with Crippen LogP contribution in [-0.4, -0.2) is 21.0 Å². The molecule has 0 spiro atoms. The van der Waals surface area contributed by atoms with E-state index in [-0.39, 0.29) is 12.1 Å². The summed E-state index contributed by atoms with van der Waals surface area (Å²) in [5, 5.41) is 14.3. The van der Waals surface area contributed by atoms with Crippen LogP contribution in [0.4, 0.5) is 0 Å². The van der Waals surface area contributed by atoms with Crippen molar-refractivity contribution in [3.8, 4) is 0 Å². The van der Waals surface area contributed by atoms with E-state index in [1.54, 1.807) is 0 Å². The summed E-state index contributed by atoms with van der Waals surface area (Å²) < 4.78 is 1.97. The number of aryl methyl sites for hydroxylation is 1. The largest absolute Gasteiger partial charge is 0.391 e. The molecular formula is C11H19N3O. The van der Waals surface area contributed by atoms with E-state index in [1.807, 2.05) is 18.5 Å². The third-order valence-corrected chi connectivity index (χ3v) is 3.44. The lowest BCUT2D eigenvalue weighted by Crippen LogP contribution is -2.20. The van der Waals surface area contributed by atoms with Gasteiger partial charge in [0, 0.05) is 17.8 Å². The highest BCUT2D eigenvalue weighted by Crippen LogP contribution is 2.31. The molecule has 1 heterocycles. The highest BCUT2D eigenvalue weighted by Gasteiger charge is 2.29. The molecular weight excluding hydrogens is 190 g/mol. The van der Waals surface area contributed by atoms with Crippen molar-refractivity contribution in [2.75, 3.05) is 0 Å². The minimum atomic E-state index is -0.242. The minimum absolute atomic E-state index is 0.156. The van der Waals surface area contributed by atoms with Crippen LogP contribution < -0.4 is 5.73 Å². The number of hydrogen-bond acceptors (Lipinski definition) is 3.